The molecule has 108 valence electrons. The lowest BCUT2D eigenvalue weighted by molar-refractivity contribution is 0.180. The van der Waals surface area contributed by atoms with Gasteiger partial charge in [-0.2, -0.15) is 5.10 Å². The zero-order chi connectivity index (χ0) is 14.0. The Kier molecular flexibility index (Phi) is 4.34. The summed E-state index contributed by atoms with van der Waals surface area (Å²) >= 11 is 0. The van der Waals surface area contributed by atoms with Crippen molar-refractivity contribution < 1.29 is 0 Å². The molecular formula is C16H29N3. The molecule has 1 unspecified atom stereocenters. The fourth-order valence-electron chi connectivity index (χ4n) is 3.92. The van der Waals surface area contributed by atoms with Crippen LogP contribution in [0.2, 0.25) is 0 Å². The molecule has 1 atom stereocenters. The molecule has 1 aromatic heterocycles. The van der Waals surface area contributed by atoms with Gasteiger partial charge in [-0.05, 0) is 43.6 Å². The van der Waals surface area contributed by atoms with Crippen LogP contribution in [0.25, 0.3) is 0 Å². The van der Waals surface area contributed by atoms with E-state index in [1.54, 1.807) is 0 Å². The highest BCUT2D eigenvalue weighted by atomic mass is 15.3. The first-order valence-corrected chi connectivity index (χ1v) is 7.68. The van der Waals surface area contributed by atoms with E-state index in [4.69, 9.17) is 5.73 Å². The van der Waals surface area contributed by atoms with Crippen LogP contribution in [0.15, 0.2) is 6.07 Å². The zero-order valence-electron chi connectivity index (χ0n) is 12.9. The standard InChI is InChI=1S/C16H29N3/c1-12(2)11-16(7-5-6-8-16)15(17)10-14-9-13(3)18-19(14)4/h9,12,15H,5-8,10-11,17H2,1-4H3. The average Bonchev–Trinajstić information content (AvgIpc) is 2.87. The number of rotatable bonds is 5. The highest BCUT2D eigenvalue weighted by Crippen LogP contribution is 2.46. The van der Waals surface area contributed by atoms with Crippen LogP contribution in [-0.4, -0.2) is 15.8 Å². The maximum absolute atomic E-state index is 6.63. The third-order valence-corrected chi connectivity index (χ3v) is 4.73. The van der Waals surface area contributed by atoms with E-state index in [0.29, 0.717) is 5.41 Å². The second-order valence-corrected chi connectivity index (χ2v) is 6.88. The van der Waals surface area contributed by atoms with E-state index in [1.807, 2.05) is 11.7 Å². The van der Waals surface area contributed by atoms with Crippen LogP contribution in [0, 0.1) is 18.3 Å². The predicted molar refractivity (Wildman–Crippen MR) is 80.0 cm³/mol. The minimum absolute atomic E-state index is 0.271. The predicted octanol–water partition coefficient (Wildman–Crippen LogP) is 3.20. The first-order chi connectivity index (χ1) is 8.93. The van der Waals surface area contributed by atoms with Crippen molar-refractivity contribution in [2.45, 2.75) is 65.3 Å². The SMILES string of the molecule is Cc1cc(CC(N)C2(CC(C)C)CCCC2)n(C)n1. The summed E-state index contributed by atoms with van der Waals surface area (Å²) in [6.07, 6.45) is 7.55. The lowest BCUT2D eigenvalue weighted by atomic mass is 9.71. The van der Waals surface area contributed by atoms with Gasteiger partial charge < -0.3 is 5.73 Å². The number of aryl methyl sites for hydroxylation is 2. The maximum atomic E-state index is 6.63. The molecule has 19 heavy (non-hydrogen) atoms. The van der Waals surface area contributed by atoms with E-state index in [9.17, 15) is 0 Å². The molecule has 1 heterocycles. The largest absolute Gasteiger partial charge is 0.327 e. The number of hydrogen-bond donors (Lipinski definition) is 1. The van der Waals surface area contributed by atoms with Crippen LogP contribution in [0.3, 0.4) is 0 Å². The smallest absolute Gasteiger partial charge is 0.0596 e. The summed E-state index contributed by atoms with van der Waals surface area (Å²) in [4.78, 5) is 0. The third-order valence-electron chi connectivity index (χ3n) is 4.73. The van der Waals surface area contributed by atoms with Crippen molar-refractivity contribution in [3.8, 4) is 0 Å². The Balaban J connectivity index is 2.11. The van der Waals surface area contributed by atoms with E-state index in [2.05, 4.69) is 31.9 Å². The molecule has 0 radical (unpaired) electrons. The van der Waals surface area contributed by atoms with Crippen LogP contribution in [-0.2, 0) is 13.5 Å². The maximum Gasteiger partial charge on any atom is 0.0596 e. The van der Waals surface area contributed by atoms with Gasteiger partial charge in [0.15, 0.2) is 0 Å². The van der Waals surface area contributed by atoms with E-state index in [1.165, 1.54) is 37.8 Å². The number of nitrogens with two attached hydrogens (primary N) is 1. The van der Waals surface area contributed by atoms with Crippen molar-refractivity contribution in [2.24, 2.45) is 24.1 Å². The van der Waals surface area contributed by atoms with E-state index >= 15 is 0 Å². The average molecular weight is 263 g/mol. The molecule has 0 spiro atoms. The minimum atomic E-state index is 0.271. The summed E-state index contributed by atoms with van der Waals surface area (Å²) < 4.78 is 1.99. The Morgan fingerprint density at radius 2 is 2.00 bits per heavy atom. The van der Waals surface area contributed by atoms with E-state index in [0.717, 1.165) is 18.0 Å². The Morgan fingerprint density at radius 3 is 2.47 bits per heavy atom. The first kappa shape index (κ1) is 14.6. The topological polar surface area (TPSA) is 43.8 Å². The van der Waals surface area contributed by atoms with Crippen LogP contribution in [0.1, 0.15) is 57.3 Å². The summed E-state index contributed by atoms with van der Waals surface area (Å²) in [6, 6.07) is 2.45. The van der Waals surface area contributed by atoms with E-state index in [-0.39, 0.29) is 6.04 Å². The molecule has 1 aliphatic carbocycles. The molecule has 2 N–H and O–H groups in total. The number of hydrogen-bond acceptors (Lipinski definition) is 2. The highest BCUT2D eigenvalue weighted by Gasteiger charge is 2.39. The van der Waals surface area contributed by atoms with Gasteiger partial charge in [-0.15, -0.1) is 0 Å². The van der Waals surface area contributed by atoms with Gasteiger partial charge in [0.05, 0.1) is 5.69 Å². The summed E-state index contributed by atoms with van der Waals surface area (Å²) in [5.41, 5.74) is 9.37. The van der Waals surface area contributed by atoms with Crippen molar-refractivity contribution in [3.05, 3.63) is 17.5 Å². The summed E-state index contributed by atoms with van der Waals surface area (Å²) in [7, 11) is 2.03. The number of nitrogens with zero attached hydrogens (tertiary/aromatic N) is 2. The van der Waals surface area contributed by atoms with Gasteiger partial charge in [-0.25, -0.2) is 0 Å². The van der Waals surface area contributed by atoms with Gasteiger partial charge in [-0.1, -0.05) is 26.7 Å². The normalized spacial score (nSPS) is 20.1. The van der Waals surface area contributed by atoms with Crippen molar-refractivity contribution in [1.29, 1.82) is 0 Å². The Hall–Kier alpha value is -0.830. The molecule has 1 aromatic rings. The molecule has 1 aliphatic rings. The first-order valence-electron chi connectivity index (χ1n) is 7.68. The zero-order valence-corrected chi connectivity index (χ0v) is 12.9. The monoisotopic (exact) mass is 263 g/mol. The van der Waals surface area contributed by atoms with E-state index < -0.39 is 0 Å². The molecule has 0 aromatic carbocycles. The summed E-state index contributed by atoms with van der Waals surface area (Å²) in [5, 5.41) is 4.44. The van der Waals surface area contributed by atoms with Gasteiger partial charge in [-0.3, -0.25) is 4.68 Å². The number of aromatic nitrogens is 2. The van der Waals surface area contributed by atoms with Crippen LogP contribution in [0.4, 0.5) is 0 Å². The Bertz CT molecular complexity index is 414. The molecule has 0 bridgehead atoms. The Morgan fingerprint density at radius 1 is 1.37 bits per heavy atom. The molecule has 0 amide bonds. The fraction of sp³-hybridized carbons (Fsp3) is 0.812. The van der Waals surface area contributed by atoms with Gasteiger partial charge in [0, 0.05) is 25.2 Å². The molecule has 1 fully saturated rings. The second kappa shape index (κ2) is 5.66. The molecular weight excluding hydrogens is 234 g/mol. The van der Waals surface area contributed by atoms with Crippen LogP contribution in [0.5, 0.6) is 0 Å². The molecule has 2 rings (SSSR count). The molecule has 3 heteroatoms. The molecule has 0 saturated heterocycles. The van der Waals surface area contributed by atoms with Crippen LogP contribution >= 0.6 is 0 Å². The lowest BCUT2D eigenvalue weighted by Crippen LogP contribution is -2.42. The molecule has 1 saturated carbocycles. The lowest BCUT2D eigenvalue weighted by Gasteiger charge is -2.37. The van der Waals surface area contributed by atoms with Crippen molar-refractivity contribution in [3.63, 3.8) is 0 Å². The summed E-state index contributed by atoms with van der Waals surface area (Å²) in [6.45, 7) is 6.69. The Labute approximate surface area is 117 Å². The highest BCUT2D eigenvalue weighted by molar-refractivity contribution is 5.11. The molecule has 3 nitrogen and oxygen atoms in total. The van der Waals surface area contributed by atoms with Gasteiger partial charge in [0.25, 0.3) is 0 Å². The van der Waals surface area contributed by atoms with Gasteiger partial charge in [0.1, 0.15) is 0 Å². The third kappa shape index (κ3) is 3.19. The van der Waals surface area contributed by atoms with Gasteiger partial charge in [0.2, 0.25) is 0 Å². The molecule has 0 aliphatic heterocycles. The van der Waals surface area contributed by atoms with Gasteiger partial charge >= 0.3 is 0 Å². The van der Waals surface area contributed by atoms with Crippen LogP contribution < -0.4 is 5.73 Å². The minimum Gasteiger partial charge on any atom is -0.327 e. The summed E-state index contributed by atoms with van der Waals surface area (Å²) in [5.74, 6) is 0.734. The second-order valence-electron chi connectivity index (χ2n) is 6.88. The quantitative estimate of drug-likeness (QED) is 0.886. The fourth-order valence-corrected chi connectivity index (χ4v) is 3.92. The van der Waals surface area contributed by atoms with Crippen molar-refractivity contribution in [1.82, 2.24) is 9.78 Å². The van der Waals surface area contributed by atoms with Crippen molar-refractivity contribution in [2.75, 3.05) is 0 Å². The van der Waals surface area contributed by atoms with Crippen molar-refractivity contribution >= 4 is 0 Å².